The standard InChI is InChI=1S/C13H17N3/c14-6-3-7-15-9-12-10-16-8-11-4-1-2-5-13(11)12/h1-2,4-5,8,10,15H,3,6-7,9,14H2. The summed E-state index contributed by atoms with van der Waals surface area (Å²) in [4.78, 5) is 4.25. The molecule has 0 bridgehead atoms. The molecule has 0 unspecified atom stereocenters. The van der Waals surface area contributed by atoms with E-state index in [1.165, 1.54) is 16.3 Å². The number of aromatic nitrogens is 1. The summed E-state index contributed by atoms with van der Waals surface area (Å²) in [7, 11) is 0. The first-order chi connectivity index (χ1) is 7.92. The van der Waals surface area contributed by atoms with Crippen LogP contribution in [-0.4, -0.2) is 18.1 Å². The van der Waals surface area contributed by atoms with Gasteiger partial charge < -0.3 is 11.1 Å². The number of hydrogen-bond acceptors (Lipinski definition) is 3. The number of fused-ring (bicyclic) bond motifs is 1. The van der Waals surface area contributed by atoms with E-state index in [1.807, 2.05) is 18.5 Å². The van der Waals surface area contributed by atoms with Gasteiger partial charge in [0, 0.05) is 24.3 Å². The van der Waals surface area contributed by atoms with Gasteiger partial charge in [0.05, 0.1) is 0 Å². The van der Waals surface area contributed by atoms with E-state index in [0.717, 1.165) is 26.1 Å². The third-order valence-corrected chi connectivity index (χ3v) is 2.62. The summed E-state index contributed by atoms with van der Waals surface area (Å²) in [6.07, 6.45) is 4.84. The number of benzene rings is 1. The first-order valence-corrected chi connectivity index (χ1v) is 5.64. The molecule has 0 spiro atoms. The Morgan fingerprint density at radius 1 is 1.19 bits per heavy atom. The van der Waals surface area contributed by atoms with Gasteiger partial charge in [0.25, 0.3) is 0 Å². The van der Waals surface area contributed by atoms with Crippen molar-refractivity contribution in [2.45, 2.75) is 13.0 Å². The summed E-state index contributed by atoms with van der Waals surface area (Å²) in [6, 6.07) is 8.32. The molecule has 3 heteroatoms. The lowest BCUT2D eigenvalue weighted by atomic mass is 10.1. The molecule has 3 nitrogen and oxygen atoms in total. The molecular formula is C13H17N3. The third-order valence-electron chi connectivity index (χ3n) is 2.62. The van der Waals surface area contributed by atoms with Crippen LogP contribution >= 0.6 is 0 Å². The zero-order valence-electron chi connectivity index (χ0n) is 9.32. The van der Waals surface area contributed by atoms with Crippen molar-refractivity contribution in [2.24, 2.45) is 5.73 Å². The van der Waals surface area contributed by atoms with Gasteiger partial charge >= 0.3 is 0 Å². The Hall–Kier alpha value is -1.45. The van der Waals surface area contributed by atoms with Gasteiger partial charge in [0.2, 0.25) is 0 Å². The second-order valence-electron chi connectivity index (χ2n) is 3.84. The molecule has 0 saturated heterocycles. The molecule has 0 radical (unpaired) electrons. The molecule has 3 N–H and O–H groups in total. The van der Waals surface area contributed by atoms with E-state index in [1.54, 1.807) is 0 Å². The maximum atomic E-state index is 5.45. The number of hydrogen-bond donors (Lipinski definition) is 2. The number of pyridine rings is 1. The number of rotatable bonds is 5. The lowest BCUT2D eigenvalue weighted by Crippen LogP contribution is -2.17. The Balaban J connectivity index is 2.11. The van der Waals surface area contributed by atoms with Gasteiger partial charge in [-0.15, -0.1) is 0 Å². The van der Waals surface area contributed by atoms with E-state index in [4.69, 9.17) is 5.73 Å². The molecule has 0 aliphatic rings. The molecular weight excluding hydrogens is 198 g/mol. The van der Waals surface area contributed by atoms with E-state index >= 15 is 0 Å². The first kappa shape index (κ1) is 11.0. The summed E-state index contributed by atoms with van der Waals surface area (Å²) in [5.41, 5.74) is 6.69. The molecule has 0 aliphatic carbocycles. The minimum atomic E-state index is 0.737. The molecule has 1 aromatic carbocycles. The summed E-state index contributed by atoms with van der Waals surface area (Å²) < 4.78 is 0. The van der Waals surface area contributed by atoms with E-state index in [2.05, 4.69) is 28.5 Å². The first-order valence-electron chi connectivity index (χ1n) is 5.64. The normalized spacial score (nSPS) is 10.8. The van der Waals surface area contributed by atoms with Crippen molar-refractivity contribution in [3.05, 3.63) is 42.2 Å². The Labute approximate surface area is 95.7 Å². The summed E-state index contributed by atoms with van der Waals surface area (Å²) in [5, 5.41) is 5.85. The molecule has 0 saturated carbocycles. The summed E-state index contributed by atoms with van der Waals surface area (Å²) >= 11 is 0. The van der Waals surface area contributed by atoms with Crippen molar-refractivity contribution in [1.29, 1.82) is 0 Å². The van der Waals surface area contributed by atoms with Crippen LogP contribution in [0.15, 0.2) is 36.7 Å². The van der Waals surface area contributed by atoms with Gasteiger partial charge in [-0.25, -0.2) is 0 Å². The number of nitrogens with one attached hydrogen (secondary N) is 1. The quantitative estimate of drug-likeness (QED) is 0.746. The average molecular weight is 215 g/mol. The summed E-state index contributed by atoms with van der Waals surface area (Å²) in [6.45, 7) is 2.55. The maximum Gasteiger partial charge on any atom is 0.0346 e. The molecule has 0 aliphatic heterocycles. The largest absolute Gasteiger partial charge is 0.330 e. The molecule has 1 heterocycles. The molecule has 0 atom stereocenters. The highest BCUT2D eigenvalue weighted by Crippen LogP contribution is 2.16. The SMILES string of the molecule is NCCCNCc1cncc2ccccc12. The van der Waals surface area contributed by atoms with Gasteiger partial charge in [0.1, 0.15) is 0 Å². The average Bonchev–Trinajstić information content (AvgIpc) is 2.35. The zero-order chi connectivity index (χ0) is 11.2. The zero-order valence-corrected chi connectivity index (χ0v) is 9.32. The molecule has 84 valence electrons. The summed E-state index contributed by atoms with van der Waals surface area (Å²) in [5.74, 6) is 0. The van der Waals surface area contributed by atoms with Crippen LogP contribution in [0, 0.1) is 0 Å². The predicted octanol–water partition coefficient (Wildman–Crippen LogP) is 1.67. The van der Waals surface area contributed by atoms with Crippen molar-refractivity contribution in [3.63, 3.8) is 0 Å². The van der Waals surface area contributed by atoms with Crippen molar-refractivity contribution >= 4 is 10.8 Å². The van der Waals surface area contributed by atoms with Crippen LogP contribution in [-0.2, 0) is 6.54 Å². The lowest BCUT2D eigenvalue weighted by molar-refractivity contribution is 0.656. The van der Waals surface area contributed by atoms with Crippen LogP contribution in [0.5, 0.6) is 0 Å². The third kappa shape index (κ3) is 2.56. The second-order valence-corrected chi connectivity index (χ2v) is 3.84. The number of nitrogens with two attached hydrogens (primary N) is 1. The lowest BCUT2D eigenvalue weighted by Gasteiger charge is -2.07. The van der Waals surface area contributed by atoms with Crippen molar-refractivity contribution < 1.29 is 0 Å². The van der Waals surface area contributed by atoms with E-state index < -0.39 is 0 Å². The van der Waals surface area contributed by atoms with Crippen LogP contribution in [0.4, 0.5) is 0 Å². The Morgan fingerprint density at radius 2 is 2.06 bits per heavy atom. The Morgan fingerprint density at radius 3 is 2.94 bits per heavy atom. The predicted molar refractivity (Wildman–Crippen MR) is 67.1 cm³/mol. The van der Waals surface area contributed by atoms with Crippen molar-refractivity contribution in [2.75, 3.05) is 13.1 Å². The molecule has 16 heavy (non-hydrogen) atoms. The minimum Gasteiger partial charge on any atom is -0.330 e. The van der Waals surface area contributed by atoms with Gasteiger partial charge in [-0.2, -0.15) is 0 Å². The molecule has 0 amide bonds. The smallest absolute Gasteiger partial charge is 0.0346 e. The van der Waals surface area contributed by atoms with Crippen LogP contribution in [0.25, 0.3) is 10.8 Å². The second kappa shape index (κ2) is 5.58. The minimum absolute atomic E-state index is 0.737. The fourth-order valence-electron chi connectivity index (χ4n) is 1.77. The van der Waals surface area contributed by atoms with Gasteiger partial charge in [0.15, 0.2) is 0 Å². The molecule has 1 aromatic heterocycles. The van der Waals surface area contributed by atoms with Crippen LogP contribution < -0.4 is 11.1 Å². The van der Waals surface area contributed by atoms with Crippen LogP contribution in [0.3, 0.4) is 0 Å². The van der Waals surface area contributed by atoms with E-state index in [9.17, 15) is 0 Å². The Kier molecular flexibility index (Phi) is 3.86. The molecule has 0 fully saturated rings. The Bertz CT molecular complexity index is 448. The highest BCUT2D eigenvalue weighted by atomic mass is 14.9. The maximum absolute atomic E-state index is 5.45. The van der Waals surface area contributed by atoms with E-state index in [0.29, 0.717) is 0 Å². The topological polar surface area (TPSA) is 50.9 Å². The fraction of sp³-hybridized carbons (Fsp3) is 0.308. The highest BCUT2D eigenvalue weighted by molar-refractivity contribution is 5.84. The monoisotopic (exact) mass is 215 g/mol. The highest BCUT2D eigenvalue weighted by Gasteiger charge is 1.99. The van der Waals surface area contributed by atoms with Gasteiger partial charge in [-0.05, 0) is 30.5 Å². The number of nitrogens with zero attached hydrogens (tertiary/aromatic N) is 1. The van der Waals surface area contributed by atoms with Crippen LogP contribution in [0.2, 0.25) is 0 Å². The molecule has 2 rings (SSSR count). The molecule has 2 aromatic rings. The van der Waals surface area contributed by atoms with Gasteiger partial charge in [-0.1, -0.05) is 24.3 Å². The fourth-order valence-corrected chi connectivity index (χ4v) is 1.77. The van der Waals surface area contributed by atoms with Gasteiger partial charge in [-0.3, -0.25) is 4.98 Å². The van der Waals surface area contributed by atoms with Crippen molar-refractivity contribution in [1.82, 2.24) is 10.3 Å². The van der Waals surface area contributed by atoms with Crippen LogP contribution in [0.1, 0.15) is 12.0 Å². The van der Waals surface area contributed by atoms with E-state index in [-0.39, 0.29) is 0 Å². The van der Waals surface area contributed by atoms with Crippen molar-refractivity contribution in [3.8, 4) is 0 Å².